The molecule has 1 amide bonds. The molecule has 1 aromatic carbocycles. The number of ether oxygens (including phenoxy) is 1. The van der Waals surface area contributed by atoms with Crippen molar-refractivity contribution < 1.29 is 9.53 Å². The topological polar surface area (TPSA) is 68.2 Å². The lowest BCUT2D eigenvalue weighted by molar-refractivity contribution is 0.0404. The van der Waals surface area contributed by atoms with Gasteiger partial charge in [-0.15, -0.1) is 0 Å². The summed E-state index contributed by atoms with van der Waals surface area (Å²) in [6.07, 6.45) is 9.42. The molecule has 2 aliphatic rings. The number of amides is 1. The summed E-state index contributed by atoms with van der Waals surface area (Å²) in [5.41, 5.74) is 3.65. The van der Waals surface area contributed by atoms with Crippen LogP contribution in [0.1, 0.15) is 47.2 Å². The normalized spacial score (nSPS) is 22.1. The highest BCUT2D eigenvalue weighted by Gasteiger charge is 2.45. The van der Waals surface area contributed by atoms with Gasteiger partial charge in [0, 0.05) is 48.2 Å². The van der Waals surface area contributed by atoms with Gasteiger partial charge in [0.15, 0.2) is 5.82 Å². The number of carbonyl (C=O) groups excluding carboxylic acids is 1. The molecule has 0 N–H and O–H groups in total. The van der Waals surface area contributed by atoms with Gasteiger partial charge in [-0.05, 0) is 57.2 Å². The van der Waals surface area contributed by atoms with Crippen LogP contribution in [-0.2, 0) is 0 Å². The molecule has 6 heteroatoms. The smallest absolute Gasteiger partial charge is 0.255 e. The lowest BCUT2D eigenvalue weighted by atomic mass is 9.89. The van der Waals surface area contributed by atoms with Crippen molar-refractivity contribution in [2.45, 2.75) is 51.6 Å². The molecule has 6 nitrogen and oxygen atoms in total. The Labute approximate surface area is 188 Å². The first kappa shape index (κ1) is 20.6. The Kier molecular flexibility index (Phi) is 5.60. The predicted octanol–water partition coefficient (Wildman–Crippen LogP) is 4.62. The minimum absolute atomic E-state index is 0.0850. The van der Waals surface area contributed by atoms with Gasteiger partial charge in [-0.25, -0.2) is 15.0 Å². The van der Waals surface area contributed by atoms with E-state index in [1.54, 1.807) is 18.5 Å². The van der Waals surface area contributed by atoms with E-state index in [2.05, 4.69) is 19.9 Å². The number of hydrogen-bond donors (Lipinski definition) is 0. The van der Waals surface area contributed by atoms with Gasteiger partial charge in [0.2, 0.25) is 5.88 Å². The standard InChI is InChI=1S/C26H28N4O2/c1-17-4-9-21(25-27-12-3-13-28-25)22(14-17)26(31)30-20-7-6-19(23(30)10-8-20)16-32-24-11-5-18(2)15-29-24/h3-5,9,11-15,19-20,23H,6-8,10,16H2,1-2H3. The van der Waals surface area contributed by atoms with E-state index in [-0.39, 0.29) is 11.9 Å². The number of pyridine rings is 1. The van der Waals surface area contributed by atoms with Crippen molar-refractivity contribution in [3.8, 4) is 17.3 Å². The minimum atomic E-state index is 0.0850. The molecule has 2 saturated heterocycles. The number of aromatic nitrogens is 3. The zero-order valence-electron chi connectivity index (χ0n) is 18.6. The van der Waals surface area contributed by atoms with Crippen molar-refractivity contribution in [1.82, 2.24) is 19.9 Å². The number of carbonyl (C=O) groups is 1. The maximum Gasteiger partial charge on any atom is 0.255 e. The quantitative estimate of drug-likeness (QED) is 0.593. The lowest BCUT2D eigenvalue weighted by Crippen LogP contribution is -2.49. The van der Waals surface area contributed by atoms with E-state index in [0.717, 1.165) is 42.4 Å². The third-order valence-corrected chi connectivity index (χ3v) is 6.74. The van der Waals surface area contributed by atoms with Crippen molar-refractivity contribution in [2.24, 2.45) is 5.92 Å². The van der Waals surface area contributed by atoms with Crippen LogP contribution >= 0.6 is 0 Å². The van der Waals surface area contributed by atoms with Crippen LogP contribution in [0, 0.1) is 19.8 Å². The molecule has 0 aliphatic carbocycles. The van der Waals surface area contributed by atoms with E-state index in [0.29, 0.717) is 35.8 Å². The second-order valence-electron chi connectivity index (χ2n) is 8.95. The van der Waals surface area contributed by atoms with E-state index >= 15 is 0 Å². The SMILES string of the molecule is Cc1ccc(OCC2CCC3CCC2N3C(=O)c2cc(C)ccc2-c2ncccn2)nc1. The first-order valence-electron chi connectivity index (χ1n) is 11.4. The number of benzene rings is 1. The van der Waals surface area contributed by atoms with Gasteiger partial charge in [0.05, 0.1) is 12.2 Å². The van der Waals surface area contributed by atoms with Crippen molar-refractivity contribution in [3.05, 3.63) is 71.7 Å². The third-order valence-electron chi connectivity index (χ3n) is 6.74. The Bertz CT molecular complexity index is 1100. The Morgan fingerprint density at radius 3 is 2.56 bits per heavy atom. The summed E-state index contributed by atoms with van der Waals surface area (Å²) in [6, 6.07) is 12.2. The summed E-state index contributed by atoms with van der Waals surface area (Å²) in [5, 5.41) is 0. The van der Waals surface area contributed by atoms with E-state index in [4.69, 9.17) is 4.74 Å². The maximum atomic E-state index is 13.9. The number of aryl methyl sites for hydroxylation is 2. The van der Waals surface area contributed by atoms with Crippen molar-refractivity contribution in [3.63, 3.8) is 0 Å². The summed E-state index contributed by atoms with van der Waals surface area (Å²) >= 11 is 0. The summed E-state index contributed by atoms with van der Waals surface area (Å²) in [4.78, 5) is 29.2. The Morgan fingerprint density at radius 1 is 1.00 bits per heavy atom. The number of fused-ring (bicyclic) bond motifs is 2. The highest BCUT2D eigenvalue weighted by Crippen LogP contribution is 2.41. The van der Waals surface area contributed by atoms with E-state index in [1.165, 1.54) is 0 Å². The zero-order valence-corrected chi connectivity index (χ0v) is 18.6. The average molecular weight is 429 g/mol. The maximum absolute atomic E-state index is 13.9. The van der Waals surface area contributed by atoms with E-state index < -0.39 is 0 Å². The van der Waals surface area contributed by atoms with E-state index in [9.17, 15) is 4.79 Å². The van der Waals surface area contributed by atoms with Gasteiger partial charge in [-0.3, -0.25) is 4.79 Å². The molecule has 3 unspecified atom stereocenters. The fourth-order valence-electron chi connectivity index (χ4n) is 5.11. The number of rotatable bonds is 5. The van der Waals surface area contributed by atoms with Gasteiger partial charge in [0.25, 0.3) is 5.91 Å². The van der Waals surface area contributed by atoms with E-state index in [1.807, 2.05) is 50.4 Å². The molecular weight excluding hydrogens is 400 g/mol. The molecule has 5 rings (SSSR count). The largest absolute Gasteiger partial charge is 0.477 e. The molecular formula is C26H28N4O2. The molecule has 2 aliphatic heterocycles. The van der Waals surface area contributed by atoms with Crippen LogP contribution in [0.4, 0.5) is 0 Å². The predicted molar refractivity (Wildman–Crippen MR) is 122 cm³/mol. The first-order chi connectivity index (χ1) is 15.6. The third kappa shape index (κ3) is 3.97. The lowest BCUT2D eigenvalue weighted by Gasteiger charge is -2.40. The van der Waals surface area contributed by atoms with Crippen molar-refractivity contribution >= 4 is 5.91 Å². The molecule has 3 atom stereocenters. The molecule has 0 saturated carbocycles. The Balaban J connectivity index is 1.39. The number of piperidine rings is 1. The Hall–Kier alpha value is -3.28. The van der Waals surface area contributed by atoms with Crippen LogP contribution < -0.4 is 4.74 Å². The summed E-state index contributed by atoms with van der Waals surface area (Å²) in [6.45, 7) is 4.61. The zero-order chi connectivity index (χ0) is 22.1. The molecule has 0 radical (unpaired) electrons. The van der Waals surface area contributed by atoms with Gasteiger partial charge in [-0.2, -0.15) is 0 Å². The monoisotopic (exact) mass is 428 g/mol. The molecule has 3 aromatic rings. The van der Waals surface area contributed by atoms with Crippen LogP contribution in [0.15, 0.2) is 55.0 Å². The number of nitrogens with zero attached hydrogens (tertiary/aromatic N) is 4. The second kappa shape index (κ2) is 8.69. The fourth-order valence-corrected chi connectivity index (χ4v) is 5.11. The molecule has 2 fully saturated rings. The van der Waals surface area contributed by atoms with Gasteiger partial charge in [-0.1, -0.05) is 23.8 Å². The van der Waals surface area contributed by atoms with Crippen LogP contribution in [0.2, 0.25) is 0 Å². The molecule has 164 valence electrons. The fraction of sp³-hybridized carbons (Fsp3) is 0.385. The molecule has 2 aromatic heterocycles. The second-order valence-corrected chi connectivity index (χ2v) is 8.95. The Morgan fingerprint density at radius 2 is 1.78 bits per heavy atom. The van der Waals surface area contributed by atoms with Crippen LogP contribution in [0.3, 0.4) is 0 Å². The van der Waals surface area contributed by atoms with Gasteiger partial charge in [0.1, 0.15) is 0 Å². The van der Waals surface area contributed by atoms with Gasteiger partial charge >= 0.3 is 0 Å². The van der Waals surface area contributed by atoms with Gasteiger partial charge < -0.3 is 9.64 Å². The summed E-state index contributed by atoms with van der Waals surface area (Å²) in [7, 11) is 0. The van der Waals surface area contributed by atoms with Crippen LogP contribution in [0.25, 0.3) is 11.4 Å². The summed E-state index contributed by atoms with van der Waals surface area (Å²) in [5.74, 6) is 1.63. The van der Waals surface area contributed by atoms with Crippen LogP contribution in [-0.4, -0.2) is 44.4 Å². The van der Waals surface area contributed by atoms with Crippen molar-refractivity contribution in [2.75, 3.05) is 6.61 Å². The van der Waals surface area contributed by atoms with Crippen molar-refractivity contribution in [1.29, 1.82) is 0 Å². The molecule has 0 spiro atoms. The summed E-state index contributed by atoms with van der Waals surface area (Å²) < 4.78 is 6.03. The highest BCUT2D eigenvalue weighted by molar-refractivity contribution is 6.01. The molecule has 4 heterocycles. The minimum Gasteiger partial charge on any atom is -0.477 e. The average Bonchev–Trinajstić information content (AvgIpc) is 3.13. The molecule has 32 heavy (non-hydrogen) atoms. The number of hydrogen-bond acceptors (Lipinski definition) is 5. The van der Waals surface area contributed by atoms with Crippen LogP contribution in [0.5, 0.6) is 5.88 Å². The highest BCUT2D eigenvalue weighted by atomic mass is 16.5. The molecule has 2 bridgehead atoms. The first-order valence-corrected chi connectivity index (χ1v) is 11.4.